The number of hydrogen-bond donors (Lipinski definition) is 0. The van der Waals surface area contributed by atoms with Crippen molar-refractivity contribution in [3.63, 3.8) is 0 Å². The summed E-state index contributed by atoms with van der Waals surface area (Å²) in [7, 11) is 0. The molecule has 2 nitrogen and oxygen atoms in total. The number of fused-ring (bicyclic) bond motifs is 12. The van der Waals surface area contributed by atoms with E-state index in [0.717, 1.165) is 21.2 Å². The Hall–Kier alpha value is -2.95. The van der Waals surface area contributed by atoms with E-state index in [-0.39, 0.29) is 0 Å². The van der Waals surface area contributed by atoms with E-state index >= 15 is 0 Å². The second-order valence-corrected chi connectivity index (χ2v) is 9.38. The van der Waals surface area contributed by atoms with Crippen LogP contribution in [0.25, 0.3) is 58.5 Å². The van der Waals surface area contributed by atoms with Gasteiger partial charge in [-0.2, -0.15) is 0 Å². The van der Waals surface area contributed by atoms with Gasteiger partial charge in [0.25, 0.3) is 0 Å². The van der Waals surface area contributed by atoms with Gasteiger partial charge in [0.1, 0.15) is 5.65 Å². The Bertz CT molecular complexity index is 1770. The lowest BCUT2D eigenvalue weighted by molar-refractivity contribution is 1.32. The molecule has 4 aromatic carbocycles. The monoisotopic (exact) mass is 452 g/mol. The van der Waals surface area contributed by atoms with Gasteiger partial charge in [-0.1, -0.05) is 64.5 Å². The molecule has 29 heavy (non-hydrogen) atoms. The van der Waals surface area contributed by atoms with Gasteiger partial charge in [-0.3, -0.25) is 4.40 Å². The largest absolute Gasteiger partial charge is 0.291 e. The van der Waals surface area contributed by atoms with E-state index < -0.39 is 0 Å². The van der Waals surface area contributed by atoms with E-state index in [4.69, 9.17) is 4.98 Å². The molecule has 3 aromatic heterocycles. The molecule has 0 radical (unpaired) electrons. The molecule has 0 amide bonds. The minimum atomic E-state index is 1.02. The van der Waals surface area contributed by atoms with Crippen molar-refractivity contribution in [2.75, 3.05) is 0 Å². The normalized spacial score (nSPS) is 12.3. The summed E-state index contributed by atoms with van der Waals surface area (Å²) in [4.78, 5) is 5.05. The first kappa shape index (κ1) is 15.9. The van der Waals surface area contributed by atoms with Crippen molar-refractivity contribution in [3.05, 3.63) is 83.3 Å². The van der Waals surface area contributed by atoms with Crippen LogP contribution in [0.4, 0.5) is 0 Å². The molecule has 7 aromatic rings. The number of nitrogens with zero attached hydrogens (tertiary/aromatic N) is 2. The number of thiophene rings is 1. The maximum Gasteiger partial charge on any atom is 0.146 e. The lowest BCUT2D eigenvalue weighted by Gasteiger charge is -2.10. The molecule has 0 N–H and O–H groups in total. The molecule has 3 heterocycles. The highest BCUT2D eigenvalue weighted by Crippen LogP contribution is 2.42. The summed E-state index contributed by atoms with van der Waals surface area (Å²) in [5, 5.41) is 6.33. The quantitative estimate of drug-likeness (QED) is 0.213. The third-order valence-corrected chi connectivity index (χ3v) is 7.44. The van der Waals surface area contributed by atoms with Crippen LogP contribution < -0.4 is 0 Å². The molecule has 0 saturated carbocycles. The van der Waals surface area contributed by atoms with Gasteiger partial charge in [0.05, 0.1) is 16.6 Å². The summed E-state index contributed by atoms with van der Waals surface area (Å²) >= 11 is 5.52. The van der Waals surface area contributed by atoms with Crippen LogP contribution in [0.15, 0.2) is 83.3 Å². The van der Waals surface area contributed by atoms with Gasteiger partial charge in [0.15, 0.2) is 0 Å². The van der Waals surface area contributed by atoms with Gasteiger partial charge < -0.3 is 0 Å². The van der Waals surface area contributed by atoms with Crippen LogP contribution >= 0.6 is 27.3 Å². The van der Waals surface area contributed by atoms with Crippen molar-refractivity contribution >= 4 is 85.8 Å². The van der Waals surface area contributed by atoms with E-state index in [1.54, 1.807) is 0 Å². The van der Waals surface area contributed by atoms with Crippen LogP contribution in [-0.2, 0) is 0 Å². The molecule has 0 atom stereocenters. The fraction of sp³-hybridized carbons (Fsp3) is 0. The van der Waals surface area contributed by atoms with Crippen molar-refractivity contribution in [2.45, 2.75) is 0 Å². The van der Waals surface area contributed by atoms with Crippen molar-refractivity contribution in [1.82, 2.24) is 9.38 Å². The first-order chi connectivity index (χ1) is 14.3. The van der Waals surface area contributed by atoms with Gasteiger partial charge in [-0.15, -0.1) is 11.3 Å². The first-order valence-corrected chi connectivity index (χ1v) is 11.1. The Morgan fingerprint density at radius 1 is 0.724 bits per heavy atom. The van der Waals surface area contributed by atoms with Crippen LogP contribution in [0.3, 0.4) is 0 Å². The zero-order chi connectivity index (χ0) is 19.1. The van der Waals surface area contributed by atoms with Crippen LogP contribution in [0.2, 0.25) is 0 Å². The third kappa shape index (κ3) is 2.03. The van der Waals surface area contributed by atoms with E-state index in [1.807, 2.05) is 11.3 Å². The van der Waals surface area contributed by atoms with E-state index in [2.05, 4.69) is 99.2 Å². The van der Waals surface area contributed by atoms with Crippen molar-refractivity contribution < 1.29 is 0 Å². The lowest BCUT2D eigenvalue weighted by Crippen LogP contribution is -1.92. The van der Waals surface area contributed by atoms with E-state index in [9.17, 15) is 0 Å². The minimum Gasteiger partial charge on any atom is -0.291 e. The third-order valence-electron chi connectivity index (χ3n) is 5.81. The molecule has 0 aliphatic heterocycles. The number of halogens is 1. The number of aromatic nitrogens is 2. The molecule has 0 spiro atoms. The fourth-order valence-corrected chi connectivity index (χ4v) is 6.07. The second kappa shape index (κ2) is 5.56. The second-order valence-electron chi connectivity index (χ2n) is 7.38. The first-order valence-electron chi connectivity index (χ1n) is 9.52. The Balaban J connectivity index is 1.93. The molecular weight excluding hydrogens is 440 g/mol. The van der Waals surface area contributed by atoms with Crippen LogP contribution in [0.5, 0.6) is 0 Å². The molecule has 0 unspecified atom stereocenters. The van der Waals surface area contributed by atoms with E-state index in [1.165, 1.54) is 41.8 Å². The van der Waals surface area contributed by atoms with E-state index in [0.29, 0.717) is 0 Å². The molecule has 0 saturated heterocycles. The zero-order valence-electron chi connectivity index (χ0n) is 15.2. The predicted octanol–water partition coefficient (Wildman–Crippen LogP) is 7.92. The maximum absolute atomic E-state index is 5.05. The molecule has 0 fully saturated rings. The minimum absolute atomic E-state index is 1.02. The number of hydrogen-bond acceptors (Lipinski definition) is 2. The van der Waals surface area contributed by atoms with Gasteiger partial charge >= 0.3 is 0 Å². The summed E-state index contributed by atoms with van der Waals surface area (Å²) in [6.07, 6.45) is 0. The molecule has 136 valence electrons. The van der Waals surface area contributed by atoms with Gasteiger partial charge in [-0.05, 0) is 35.7 Å². The van der Waals surface area contributed by atoms with Crippen LogP contribution in [0, 0.1) is 0 Å². The SMILES string of the molecule is Brc1ccc2nc3c4ccccc4c4ccc5sc6ccccc6c5c4n3c2c1. The molecule has 0 aliphatic carbocycles. The highest BCUT2D eigenvalue weighted by molar-refractivity contribution is 9.10. The van der Waals surface area contributed by atoms with Crippen LogP contribution in [-0.4, -0.2) is 9.38 Å². The number of pyridine rings is 1. The summed E-state index contributed by atoms with van der Waals surface area (Å²) < 4.78 is 6.06. The average molecular weight is 453 g/mol. The molecular formula is C25H13BrN2S. The van der Waals surface area contributed by atoms with Crippen LogP contribution in [0.1, 0.15) is 0 Å². The number of benzene rings is 4. The summed E-state index contributed by atoms with van der Waals surface area (Å²) in [5.74, 6) is 0. The number of rotatable bonds is 0. The topological polar surface area (TPSA) is 17.3 Å². The fourth-order valence-electron chi connectivity index (χ4n) is 4.62. The van der Waals surface area contributed by atoms with Crippen molar-refractivity contribution in [3.8, 4) is 0 Å². The highest BCUT2D eigenvalue weighted by Gasteiger charge is 2.17. The standard InChI is InChI=1S/C25H13BrN2S/c26-14-9-11-19-20(13-14)28-24-16(15-5-1-2-6-17(15)25(28)27-19)10-12-22-23(24)18-7-3-4-8-21(18)29-22/h1-13H. The Labute approximate surface area is 178 Å². The predicted molar refractivity (Wildman–Crippen MR) is 128 cm³/mol. The van der Waals surface area contributed by atoms with Gasteiger partial charge in [0, 0.05) is 35.4 Å². The summed E-state index contributed by atoms with van der Waals surface area (Å²) in [6.45, 7) is 0. The smallest absolute Gasteiger partial charge is 0.146 e. The summed E-state index contributed by atoms with van der Waals surface area (Å²) in [6, 6.07) is 28.2. The lowest BCUT2D eigenvalue weighted by atomic mass is 10.0. The Morgan fingerprint density at radius 2 is 1.52 bits per heavy atom. The Kier molecular flexibility index (Phi) is 3.05. The number of imidazole rings is 1. The highest BCUT2D eigenvalue weighted by atomic mass is 79.9. The molecule has 0 aliphatic rings. The van der Waals surface area contributed by atoms with Crippen molar-refractivity contribution in [2.24, 2.45) is 0 Å². The maximum atomic E-state index is 5.05. The Morgan fingerprint density at radius 3 is 2.41 bits per heavy atom. The molecule has 0 bridgehead atoms. The molecule has 7 rings (SSSR count). The summed E-state index contributed by atoms with van der Waals surface area (Å²) in [5.41, 5.74) is 4.41. The molecule has 4 heteroatoms. The van der Waals surface area contributed by atoms with Gasteiger partial charge in [-0.25, -0.2) is 4.98 Å². The zero-order valence-corrected chi connectivity index (χ0v) is 17.6. The van der Waals surface area contributed by atoms with Crippen molar-refractivity contribution in [1.29, 1.82) is 0 Å². The average Bonchev–Trinajstić information content (AvgIpc) is 3.32. The van der Waals surface area contributed by atoms with Gasteiger partial charge in [0.2, 0.25) is 0 Å².